The highest BCUT2D eigenvalue weighted by atomic mass is 32.2. The molecule has 1 atom stereocenters. The smallest absolute Gasteiger partial charge is 0.243 e. The fourth-order valence-corrected chi connectivity index (χ4v) is 7.87. The van der Waals surface area contributed by atoms with Crippen molar-refractivity contribution in [1.29, 1.82) is 0 Å². The molecule has 10 heteroatoms. The van der Waals surface area contributed by atoms with E-state index in [1.54, 1.807) is 22.5 Å². The van der Waals surface area contributed by atoms with Crippen LogP contribution in [0.4, 0.5) is 13.2 Å². The Morgan fingerprint density at radius 1 is 1.06 bits per heavy atom. The van der Waals surface area contributed by atoms with Crippen molar-refractivity contribution < 1.29 is 21.6 Å². The van der Waals surface area contributed by atoms with E-state index >= 15 is 0 Å². The summed E-state index contributed by atoms with van der Waals surface area (Å²) in [6.45, 7) is 3.08. The monoisotopic (exact) mass is 523 g/mol. The number of nitrogens with zero attached hydrogens (tertiary/aromatic N) is 3. The SMILES string of the molecule is C[C@H]1CCCN(S(=O)(=O)c2ccc3c(c2)nc(SCc2cc(F)cc(F)c2F)n3C2CCCC2)C1. The molecule has 2 heterocycles. The zero-order valence-electron chi connectivity index (χ0n) is 19.5. The Labute approximate surface area is 207 Å². The Hall–Kier alpha value is -2.04. The minimum Gasteiger partial charge on any atom is -0.316 e. The van der Waals surface area contributed by atoms with Gasteiger partial charge >= 0.3 is 0 Å². The first-order valence-electron chi connectivity index (χ1n) is 12.0. The maximum atomic E-state index is 14.2. The van der Waals surface area contributed by atoms with Gasteiger partial charge in [0, 0.05) is 36.5 Å². The van der Waals surface area contributed by atoms with Gasteiger partial charge in [-0.15, -0.1) is 0 Å². The van der Waals surface area contributed by atoms with Crippen LogP contribution in [0.15, 0.2) is 40.4 Å². The van der Waals surface area contributed by atoms with E-state index in [2.05, 4.69) is 11.5 Å². The first-order valence-corrected chi connectivity index (χ1v) is 14.4. The molecule has 2 fully saturated rings. The van der Waals surface area contributed by atoms with Crippen LogP contribution in [0.2, 0.25) is 0 Å². The molecule has 1 saturated carbocycles. The Balaban J connectivity index is 1.51. The number of rotatable bonds is 6. The van der Waals surface area contributed by atoms with E-state index in [1.165, 1.54) is 11.8 Å². The Morgan fingerprint density at radius 2 is 1.83 bits per heavy atom. The van der Waals surface area contributed by atoms with Crippen molar-refractivity contribution in [3.63, 3.8) is 0 Å². The van der Waals surface area contributed by atoms with Gasteiger partial charge in [-0.2, -0.15) is 4.31 Å². The minimum atomic E-state index is -3.64. The first kappa shape index (κ1) is 24.6. The molecule has 1 aliphatic heterocycles. The van der Waals surface area contributed by atoms with Gasteiger partial charge in [0.1, 0.15) is 5.82 Å². The fourth-order valence-electron chi connectivity index (χ4n) is 5.20. The predicted octanol–water partition coefficient (Wildman–Crippen LogP) is 6.28. The highest BCUT2D eigenvalue weighted by Crippen LogP contribution is 2.38. The molecule has 2 aromatic carbocycles. The summed E-state index contributed by atoms with van der Waals surface area (Å²) < 4.78 is 71.8. The van der Waals surface area contributed by atoms with E-state index in [9.17, 15) is 21.6 Å². The third-order valence-electron chi connectivity index (χ3n) is 7.00. The number of imidazole rings is 1. The number of hydrogen-bond acceptors (Lipinski definition) is 4. The topological polar surface area (TPSA) is 55.2 Å². The Morgan fingerprint density at radius 3 is 2.57 bits per heavy atom. The lowest BCUT2D eigenvalue weighted by atomic mass is 10.0. The van der Waals surface area contributed by atoms with Gasteiger partial charge in [-0.05, 0) is 55.9 Å². The Bertz CT molecular complexity index is 1350. The van der Waals surface area contributed by atoms with E-state index in [0.717, 1.165) is 50.1 Å². The molecule has 0 unspecified atom stereocenters. The third kappa shape index (κ3) is 4.84. The number of sulfonamides is 1. The summed E-state index contributed by atoms with van der Waals surface area (Å²) in [4.78, 5) is 4.93. The van der Waals surface area contributed by atoms with Gasteiger partial charge in [-0.3, -0.25) is 0 Å². The number of aromatic nitrogens is 2. The molecule has 1 aromatic heterocycles. The molecule has 0 bridgehead atoms. The molecule has 0 spiro atoms. The maximum absolute atomic E-state index is 14.2. The van der Waals surface area contributed by atoms with E-state index in [1.807, 2.05) is 0 Å². The summed E-state index contributed by atoms with van der Waals surface area (Å²) in [5.41, 5.74) is 1.30. The summed E-state index contributed by atoms with van der Waals surface area (Å²) in [6, 6.07) is 6.78. The maximum Gasteiger partial charge on any atom is 0.243 e. The number of fused-ring (bicyclic) bond motifs is 1. The van der Waals surface area contributed by atoms with E-state index in [0.29, 0.717) is 35.7 Å². The summed E-state index contributed by atoms with van der Waals surface area (Å²) in [5.74, 6) is -2.78. The number of thioether (sulfide) groups is 1. The average Bonchev–Trinajstić information content (AvgIpc) is 3.47. The molecule has 0 N–H and O–H groups in total. The molecule has 1 aliphatic carbocycles. The fraction of sp³-hybridized carbons (Fsp3) is 0.480. The predicted molar refractivity (Wildman–Crippen MR) is 130 cm³/mol. The minimum absolute atomic E-state index is 0.00732. The van der Waals surface area contributed by atoms with Crippen molar-refractivity contribution in [3.05, 3.63) is 53.3 Å². The zero-order chi connectivity index (χ0) is 24.7. The van der Waals surface area contributed by atoms with Crippen molar-refractivity contribution in [2.24, 2.45) is 5.92 Å². The van der Waals surface area contributed by atoms with Crippen molar-refractivity contribution in [1.82, 2.24) is 13.9 Å². The lowest BCUT2D eigenvalue weighted by Crippen LogP contribution is -2.39. The molecule has 2 aliphatic rings. The van der Waals surface area contributed by atoms with Gasteiger partial charge in [0.25, 0.3) is 0 Å². The molecule has 1 saturated heterocycles. The van der Waals surface area contributed by atoms with Crippen LogP contribution in [0, 0.1) is 23.4 Å². The van der Waals surface area contributed by atoms with Gasteiger partial charge in [0.15, 0.2) is 16.8 Å². The highest BCUT2D eigenvalue weighted by molar-refractivity contribution is 7.98. The summed E-state index contributed by atoms with van der Waals surface area (Å²) in [5, 5.41) is 0.595. The quantitative estimate of drug-likeness (QED) is 0.282. The first-order chi connectivity index (χ1) is 16.7. The van der Waals surface area contributed by atoms with Gasteiger partial charge < -0.3 is 4.57 Å². The average molecular weight is 524 g/mol. The van der Waals surface area contributed by atoms with Crippen molar-refractivity contribution in [2.45, 2.75) is 67.3 Å². The molecule has 5 rings (SSSR count). The van der Waals surface area contributed by atoms with E-state index in [4.69, 9.17) is 4.98 Å². The number of piperidine rings is 1. The number of hydrogen-bond donors (Lipinski definition) is 0. The number of halogens is 3. The molecule has 188 valence electrons. The van der Waals surface area contributed by atoms with Crippen LogP contribution in [-0.4, -0.2) is 35.4 Å². The third-order valence-corrected chi connectivity index (χ3v) is 9.86. The number of benzene rings is 2. The molecule has 35 heavy (non-hydrogen) atoms. The molecule has 3 aromatic rings. The van der Waals surface area contributed by atoms with Gasteiger partial charge in [-0.25, -0.2) is 26.6 Å². The van der Waals surface area contributed by atoms with Gasteiger partial charge in [0.2, 0.25) is 10.0 Å². The molecule has 0 radical (unpaired) electrons. The summed E-state index contributed by atoms with van der Waals surface area (Å²) in [7, 11) is -3.64. The van der Waals surface area contributed by atoms with Crippen LogP contribution in [0.25, 0.3) is 11.0 Å². The lowest BCUT2D eigenvalue weighted by Gasteiger charge is -2.30. The molecule has 0 amide bonds. The van der Waals surface area contributed by atoms with E-state index in [-0.39, 0.29) is 22.3 Å². The summed E-state index contributed by atoms with van der Waals surface area (Å²) >= 11 is 1.20. The van der Waals surface area contributed by atoms with Crippen LogP contribution < -0.4 is 0 Å². The van der Waals surface area contributed by atoms with Crippen LogP contribution >= 0.6 is 11.8 Å². The lowest BCUT2D eigenvalue weighted by molar-refractivity contribution is 0.281. The van der Waals surface area contributed by atoms with Crippen molar-refractivity contribution >= 4 is 32.8 Å². The van der Waals surface area contributed by atoms with Crippen LogP contribution in [0.5, 0.6) is 0 Å². The van der Waals surface area contributed by atoms with Gasteiger partial charge in [-0.1, -0.05) is 31.5 Å². The van der Waals surface area contributed by atoms with Crippen molar-refractivity contribution in [2.75, 3.05) is 13.1 Å². The highest BCUT2D eigenvalue weighted by Gasteiger charge is 2.30. The largest absolute Gasteiger partial charge is 0.316 e. The van der Waals surface area contributed by atoms with Crippen molar-refractivity contribution in [3.8, 4) is 0 Å². The standard InChI is InChI=1S/C25H28F3N3O2S2/c1-16-5-4-10-30(14-16)35(32,33)20-8-9-23-22(13-20)29-25(31(23)19-6-2-3-7-19)34-15-17-11-18(26)12-21(27)24(17)28/h8-9,11-13,16,19H,2-7,10,14-15H2,1H3/t16-/m0/s1. The summed E-state index contributed by atoms with van der Waals surface area (Å²) in [6.07, 6.45) is 5.96. The second-order valence-corrected chi connectivity index (χ2v) is 12.5. The molecular weight excluding hydrogens is 495 g/mol. The van der Waals surface area contributed by atoms with E-state index < -0.39 is 27.5 Å². The second kappa shape index (κ2) is 9.78. The molecular formula is C25H28F3N3O2S2. The van der Waals surface area contributed by atoms with Gasteiger partial charge in [0.05, 0.1) is 15.9 Å². The zero-order valence-corrected chi connectivity index (χ0v) is 21.1. The van der Waals surface area contributed by atoms with Crippen LogP contribution in [0.3, 0.4) is 0 Å². The van der Waals surface area contributed by atoms with Crippen LogP contribution in [-0.2, 0) is 15.8 Å². The second-order valence-electron chi connectivity index (χ2n) is 9.61. The normalized spacial score (nSPS) is 20.2. The van der Waals surface area contributed by atoms with Crippen LogP contribution in [0.1, 0.15) is 57.1 Å². The Kier molecular flexibility index (Phi) is 6.89. The molecule has 5 nitrogen and oxygen atoms in total.